The molecule has 0 atom stereocenters. The Labute approximate surface area is 170 Å². The van der Waals surface area contributed by atoms with Gasteiger partial charge in [-0.3, -0.25) is 14.5 Å². The highest BCUT2D eigenvalue weighted by atomic mass is 16.5. The summed E-state index contributed by atoms with van der Waals surface area (Å²) in [5.41, 5.74) is 1.76. The van der Waals surface area contributed by atoms with Crippen molar-refractivity contribution in [1.29, 1.82) is 0 Å². The van der Waals surface area contributed by atoms with E-state index in [-0.39, 0.29) is 18.4 Å². The first kappa shape index (κ1) is 19.4. The number of aromatic nitrogens is 1. The lowest BCUT2D eigenvalue weighted by molar-refractivity contribution is -0.135. The van der Waals surface area contributed by atoms with E-state index in [9.17, 15) is 9.59 Å². The molecule has 0 aliphatic carbocycles. The molecule has 0 saturated carbocycles. The number of benzene rings is 1. The van der Waals surface area contributed by atoms with Crippen molar-refractivity contribution < 1.29 is 18.8 Å². The Balaban J connectivity index is 1.21. The van der Waals surface area contributed by atoms with Crippen molar-refractivity contribution in [3.63, 3.8) is 0 Å². The third kappa shape index (κ3) is 4.76. The Morgan fingerprint density at radius 2 is 1.90 bits per heavy atom. The highest BCUT2D eigenvalue weighted by molar-refractivity contribution is 5.95. The molecule has 1 aromatic heterocycles. The summed E-state index contributed by atoms with van der Waals surface area (Å²) in [5, 5.41) is 3.91. The average molecular weight is 398 g/mol. The van der Waals surface area contributed by atoms with Crippen molar-refractivity contribution in [1.82, 2.24) is 15.0 Å². The molecule has 0 N–H and O–H groups in total. The van der Waals surface area contributed by atoms with Crippen LogP contribution in [0.1, 0.15) is 24.3 Å². The van der Waals surface area contributed by atoms with E-state index in [1.807, 2.05) is 42.2 Å². The van der Waals surface area contributed by atoms with Crippen LogP contribution in [0, 0.1) is 6.92 Å². The van der Waals surface area contributed by atoms with E-state index in [1.165, 1.54) is 0 Å². The zero-order valence-electron chi connectivity index (χ0n) is 16.7. The van der Waals surface area contributed by atoms with E-state index in [0.717, 1.165) is 43.2 Å². The topological polar surface area (TPSA) is 79.1 Å². The second kappa shape index (κ2) is 8.65. The molecule has 8 heteroatoms. The van der Waals surface area contributed by atoms with Crippen molar-refractivity contribution in [3.05, 3.63) is 41.8 Å². The van der Waals surface area contributed by atoms with Crippen molar-refractivity contribution in [2.24, 2.45) is 0 Å². The number of aryl methyl sites for hydroxylation is 1. The Kier molecular flexibility index (Phi) is 5.80. The zero-order valence-corrected chi connectivity index (χ0v) is 16.7. The fourth-order valence-corrected chi connectivity index (χ4v) is 3.75. The monoisotopic (exact) mass is 398 g/mol. The molecule has 2 aliphatic heterocycles. The van der Waals surface area contributed by atoms with Crippen molar-refractivity contribution in [2.75, 3.05) is 44.2 Å². The number of hydrogen-bond donors (Lipinski definition) is 0. The lowest BCUT2D eigenvalue weighted by Gasteiger charge is -2.34. The second-order valence-corrected chi connectivity index (χ2v) is 7.52. The van der Waals surface area contributed by atoms with Gasteiger partial charge < -0.3 is 19.1 Å². The molecule has 2 aliphatic rings. The first-order chi connectivity index (χ1) is 14.1. The quantitative estimate of drug-likeness (QED) is 0.739. The van der Waals surface area contributed by atoms with Crippen molar-refractivity contribution in [2.45, 2.75) is 26.3 Å². The molecule has 1 aromatic carbocycles. The predicted octanol–water partition coefficient (Wildman–Crippen LogP) is 1.83. The van der Waals surface area contributed by atoms with Gasteiger partial charge >= 0.3 is 0 Å². The summed E-state index contributed by atoms with van der Waals surface area (Å²) < 4.78 is 10.9. The first-order valence-corrected chi connectivity index (χ1v) is 10.0. The first-order valence-electron chi connectivity index (χ1n) is 10.0. The number of nitrogens with zero attached hydrogens (tertiary/aromatic N) is 4. The van der Waals surface area contributed by atoms with Crippen LogP contribution in [0.25, 0.3) is 0 Å². The minimum atomic E-state index is -0.0149. The number of carbonyl (C=O) groups is 2. The molecule has 154 valence electrons. The fourth-order valence-electron chi connectivity index (χ4n) is 3.75. The number of hydrogen-bond acceptors (Lipinski definition) is 6. The Morgan fingerprint density at radius 1 is 1.14 bits per heavy atom. The van der Waals surface area contributed by atoms with Crippen LogP contribution in [0.5, 0.6) is 5.75 Å². The van der Waals surface area contributed by atoms with Gasteiger partial charge in [-0.1, -0.05) is 5.16 Å². The van der Waals surface area contributed by atoms with Gasteiger partial charge in [-0.15, -0.1) is 0 Å². The average Bonchev–Trinajstić information content (AvgIpc) is 3.35. The van der Waals surface area contributed by atoms with Crippen molar-refractivity contribution in [3.8, 4) is 5.75 Å². The minimum absolute atomic E-state index is 0.0149. The molecule has 29 heavy (non-hydrogen) atoms. The van der Waals surface area contributed by atoms with Gasteiger partial charge in [0.15, 0.2) is 12.4 Å². The van der Waals surface area contributed by atoms with Gasteiger partial charge in [-0.2, -0.15) is 0 Å². The molecule has 2 fully saturated rings. The maximum absolute atomic E-state index is 12.5. The van der Waals surface area contributed by atoms with E-state index in [4.69, 9.17) is 9.26 Å². The molecular formula is C21H26N4O4. The molecule has 0 radical (unpaired) electrons. The number of carbonyl (C=O) groups excluding carboxylic acids is 2. The number of rotatable bonds is 6. The summed E-state index contributed by atoms with van der Waals surface area (Å²) >= 11 is 0. The molecule has 0 unspecified atom stereocenters. The Hall–Kier alpha value is -2.87. The molecule has 2 aromatic rings. The largest absolute Gasteiger partial charge is 0.484 e. The van der Waals surface area contributed by atoms with Gasteiger partial charge in [0, 0.05) is 50.9 Å². The smallest absolute Gasteiger partial charge is 0.260 e. The van der Waals surface area contributed by atoms with Crippen LogP contribution >= 0.6 is 0 Å². The summed E-state index contributed by atoms with van der Waals surface area (Å²) in [4.78, 5) is 30.1. The van der Waals surface area contributed by atoms with Gasteiger partial charge in [0.25, 0.3) is 5.91 Å². The highest BCUT2D eigenvalue weighted by Crippen LogP contribution is 2.24. The van der Waals surface area contributed by atoms with E-state index in [0.29, 0.717) is 31.8 Å². The lowest BCUT2D eigenvalue weighted by atomic mass is 10.2. The highest BCUT2D eigenvalue weighted by Gasteiger charge is 2.23. The molecule has 2 amide bonds. The second-order valence-electron chi connectivity index (χ2n) is 7.52. The van der Waals surface area contributed by atoms with Gasteiger partial charge in [0.2, 0.25) is 5.91 Å². The van der Waals surface area contributed by atoms with Gasteiger partial charge in [-0.25, -0.2) is 0 Å². The predicted molar refractivity (Wildman–Crippen MR) is 107 cm³/mol. The molecular weight excluding hydrogens is 372 g/mol. The summed E-state index contributed by atoms with van der Waals surface area (Å²) in [6.45, 7) is 6.34. The number of ether oxygens (including phenoxy) is 1. The normalized spacial score (nSPS) is 17.8. The summed E-state index contributed by atoms with van der Waals surface area (Å²) in [5.74, 6) is 1.63. The van der Waals surface area contributed by atoms with E-state index in [2.05, 4.69) is 10.1 Å². The third-order valence-corrected chi connectivity index (χ3v) is 5.37. The number of piperazine rings is 1. The zero-order chi connectivity index (χ0) is 20.2. The standard InChI is InChI=1S/C21H26N4O4/c1-16-13-19(29-22-16)14-23-9-11-24(12-10-23)21(27)15-28-18-6-4-17(5-7-18)25-8-2-3-20(25)26/h4-7,13H,2-3,8-12,14-15H2,1H3. The van der Waals surface area contributed by atoms with Crippen LogP contribution in [-0.2, 0) is 16.1 Å². The third-order valence-electron chi connectivity index (χ3n) is 5.37. The van der Waals surface area contributed by atoms with Crippen molar-refractivity contribution >= 4 is 17.5 Å². The van der Waals surface area contributed by atoms with E-state index >= 15 is 0 Å². The lowest BCUT2D eigenvalue weighted by Crippen LogP contribution is -2.49. The maximum atomic E-state index is 12.5. The van der Waals surface area contributed by atoms with Crippen LogP contribution in [-0.4, -0.2) is 66.1 Å². The van der Waals surface area contributed by atoms with E-state index in [1.54, 1.807) is 4.90 Å². The summed E-state index contributed by atoms with van der Waals surface area (Å²) in [6.07, 6.45) is 1.51. The SMILES string of the molecule is Cc1cc(CN2CCN(C(=O)COc3ccc(N4CCCC4=O)cc3)CC2)on1. The van der Waals surface area contributed by atoms with Crippen LogP contribution < -0.4 is 9.64 Å². The van der Waals surface area contributed by atoms with Gasteiger partial charge in [0.1, 0.15) is 5.75 Å². The molecule has 3 heterocycles. The summed E-state index contributed by atoms with van der Waals surface area (Å²) in [7, 11) is 0. The van der Waals surface area contributed by atoms with Crippen LogP contribution in [0.4, 0.5) is 5.69 Å². The molecule has 2 saturated heterocycles. The van der Waals surface area contributed by atoms with Gasteiger partial charge in [0.05, 0.1) is 12.2 Å². The Bertz CT molecular complexity index is 856. The fraction of sp³-hybridized carbons (Fsp3) is 0.476. The minimum Gasteiger partial charge on any atom is -0.484 e. The maximum Gasteiger partial charge on any atom is 0.260 e. The number of anilines is 1. The molecule has 0 spiro atoms. The van der Waals surface area contributed by atoms with Crippen LogP contribution in [0.15, 0.2) is 34.9 Å². The Morgan fingerprint density at radius 3 is 2.52 bits per heavy atom. The van der Waals surface area contributed by atoms with E-state index < -0.39 is 0 Å². The molecule has 4 rings (SSSR count). The summed E-state index contributed by atoms with van der Waals surface area (Å²) in [6, 6.07) is 9.30. The van der Waals surface area contributed by atoms with Gasteiger partial charge in [-0.05, 0) is 37.6 Å². The molecule has 8 nitrogen and oxygen atoms in total. The number of amides is 2. The van der Waals surface area contributed by atoms with Crippen LogP contribution in [0.2, 0.25) is 0 Å². The van der Waals surface area contributed by atoms with Crippen LogP contribution in [0.3, 0.4) is 0 Å². The molecule has 0 bridgehead atoms.